The number of rotatable bonds is 5. The van der Waals surface area contributed by atoms with Gasteiger partial charge in [-0.3, -0.25) is 4.79 Å². The van der Waals surface area contributed by atoms with Crippen LogP contribution in [0.1, 0.15) is 36.0 Å². The number of amides is 1. The summed E-state index contributed by atoms with van der Waals surface area (Å²) in [6, 6.07) is 3.87. The number of carbonyl (C=O) groups excluding carboxylic acids is 1. The smallest absolute Gasteiger partial charge is 0.241 e. The van der Waals surface area contributed by atoms with Crippen LogP contribution in [0.4, 0.5) is 0 Å². The Balaban J connectivity index is 0.00000312. The maximum atomic E-state index is 12.5. The molecule has 0 spiro atoms. The number of nitrogens with zero attached hydrogens (tertiary/aromatic N) is 1. The van der Waals surface area contributed by atoms with E-state index in [1.165, 1.54) is 0 Å². The van der Waals surface area contributed by atoms with Crippen LogP contribution in [0.15, 0.2) is 17.0 Å². The molecule has 1 amide bonds. The average molecular weight is 390 g/mol. The minimum absolute atomic E-state index is 0. The molecule has 1 aromatic rings. The van der Waals surface area contributed by atoms with E-state index in [0.29, 0.717) is 18.0 Å². The van der Waals surface area contributed by atoms with Gasteiger partial charge in [0, 0.05) is 32.1 Å². The largest absolute Gasteiger partial charge is 0.343 e. The molecule has 1 saturated heterocycles. The van der Waals surface area contributed by atoms with Crippen molar-refractivity contribution in [2.24, 2.45) is 5.73 Å². The lowest BCUT2D eigenvalue weighted by molar-refractivity contribution is -0.132. The molecule has 0 aliphatic carbocycles. The van der Waals surface area contributed by atoms with Crippen LogP contribution in [0.3, 0.4) is 0 Å². The Hall–Kier alpha value is -1.15. The zero-order valence-corrected chi connectivity index (χ0v) is 16.7. The Morgan fingerprint density at radius 3 is 2.24 bits per heavy atom. The minimum Gasteiger partial charge on any atom is -0.343 e. The molecular weight excluding hydrogens is 362 g/mol. The number of benzene rings is 1. The maximum absolute atomic E-state index is 12.5. The number of nitrogens with two attached hydrogens (primary N) is 1. The number of sulfonamides is 1. The summed E-state index contributed by atoms with van der Waals surface area (Å²) in [6.45, 7) is 6.93. The number of likely N-dealkylation sites (tertiary alicyclic amines) is 1. The minimum atomic E-state index is -3.61. The molecule has 25 heavy (non-hydrogen) atoms. The van der Waals surface area contributed by atoms with Crippen molar-refractivity contribution in [3.8, 4) is 0 Å². The Labute approximate surface area is 156 Å². The Morgan fingerprint density at radius 2 is 1.72 bits per heavy atom. The second-order valence-corrected chi connectivity index (χ2v) is 8.30. The maximum Gasteiger partial charge on any atom is 0.241 e. The Morgan fingerprint density at radius 1 is 1.20 bits per heavy atom. The molecule has 1 aliphatic heterocycles. The van der Waals surface area contributed by atoms with Gasteiger partial charge in [-0.15, -0.1) is 12.4 Å². The summed E-state index contributed by atoms with van der Waals surface area (Å²) in [5.74, 6) is -0.0260. The normalized spacial score (nSPS) is 15.8. The highest BCUT2D eigenvalue weighted by Gasteiger charge is 2.22. The number of hydrogen-bond acceptors (Lipinski definition) is 4. The molecule has 0 radical (unpaired) electrons. The van der Waals surface area contributed by atoms with Gasteiger partial charge in [0.1, 0.15) is 0 Å². The molecule has 142 valence electrons. The van der Waals surface area contributed by atoms with Gasteiger partial charge in [-0.25, -0.2) is 13.1 Å². The zero-order valence-electron chi connectivity index (χ0n) is 15.0. The first-order valence-corrected chi connectivity index (χ1v) is 9.80. The molecule has 0 atom stereocenters. The highest BCUT2D eigenvalue weighted by atomic mass is 35.5. The van der Waals surface area contributed by atoms with Crippen LogP contribution in [0.25, 0.3) is 0 Å². The van der Waals surface area contributed by atoms with Gasteiger partial charge in [-0.2, -0.15) is 0 Å². The fourth-order valence-corrected chi connectivity index (χ4v) is 4.74. The second kappa shape index (κ2) is 8.98. The molecular formula is C17H28ClN3O3S. The van der Waals surface area contributed by atoms with E-state index < -0.39 is 10.0 Å². The molecule has 8 heteroatoms. The summed E-state index contributed by atoms with van der Waals surface area (Å²) in [6.07, 6.45) is 1.77. The summed E-state index contributed by atoms with van der Waals surface area (Å²) in [4.78, 5) is 14.2. The third kappa shape index (κ3) is 5.67. The number of nitrogens with one attached hydrogen (secondary N) is 1. The van der Waals surface area contributed by atoms with Crippen molar-refractivity contribution in [1.29, 1.82) is 0 Å². The van der Waals surface area contributed by atoms with E-state index in [0.717, 1.165) is 29.5 Å². The molecule has 3 N–H and O–H groups in total. The molecule has 1 fully saturated rings. The molecule has 0 unspecified atom stereocenters. The molecule has 0 aromatic heterocycles. The lowest BCUT2D eigenvalue weighted by Crippen LogP contribution is -2.43. The van der Waals surface area contributed by atoms with Gasteiger partial charge >= 0.3 is 0 Å². The van der Waals surface area contributed by atoms with Gasteiger partial charge < -0.3 is 10.6 Å². The SMILES string of the molecule is Cc1cc(C)c(S(=O)(=O)NCCC(=O)N2CCC(N)CC2)c(C)c1.Cl. The molecule has 1 heterocycles. The zero-order chi connectivity index (χ0) is 17.9. The molecule has 6 nitrogen and oxygen atoms in total. The number of halogens is 1. The third-order valence-corrected chi connectivity index (χ3v) is 6.16. The molecule has 2 rings (SSSR count). The summed E-state index contributed by atoms with van der Waals surface area (Å²) >= 11 is 0. The highest BCUT2D eigenvalue weighted by Crippen LogP contribution is 2.21. The van der Waals surface area contributed by atoms with Crippen LogP contribution in [0.2, 0.25) is 0 Å². The molecule has 1 aliphatic rings. The van der Waals surface area contributed by atoms with Crippen molar-refractivity contribution in [3.05, 3.63) is 28.8 Å². The Bertz CT molecular complexity index is 691. The van der Waals surface area contributed by atoms with Gasteiger partial charge in [0.15, 0.2) is 0 Å². The number of aryl methyl sites for hydroxylation is 3. The van der Waals surface area contributed by atoms with Crippen molar-refractivity contribution in [2.45, 2.75) is 51.0 Å². The van der Waals surface area contributed by atoms with Crippen LogP contribution in [0.5, 0.6) is 0 Å². The fourth-order valence-electron chi connectivity index (χ4n) is 3.26. The molecule has 1 aromatic carbocycles. The lowest BCUT2D eigenvalue weighted by Gasteiger charge is -2.30. The van der Waals surface area contributed by atoms with Gasteiger partial charge in [-0.05, 0) is 44.7 Å². The predicted molar refractivity (Wildman–Crippen MR) is 101 cm³/mol. The van der Waals surface area contributed by atoms with Gasteiger partial charge in [0.05, 0.1) is 4.90 Å². The summed E-state index contributed by atoms with van der Waals surface area (Å²) in [7, 11) is -3.61. The van der Waals surface area contributed by atoms with Crippen molar-refractivity contribution in [3.63, 3.8) is 0 Å². The van der Waals surface area contributed by atoms with E-state index in [9.17, 15) is 13.2 Å². The van der Waals surface area contributed by atoms with Crippen LogP contribution in [-0.4, -0.2) is 44.9 Å². The predicted octanol–water partition coefficient (Wildman–Crippen LogP) is 1.65. The van der Waals surface area contributed by atoms with Crippen LogP contribution >= 0.6 is 12.4 Å². The van der Waals surface area contributed by atoms with E-state index in [4.69, 9.17) is 5.73 Å². The van der Waals surface area contributed by atoms with Crippen molar-refractivity contribution in [2.75, 3.05) is 19.6 Å². The average Bonchev–Trinajstić information content (AvgIpc) is 2.46. The van der Waals surface area contributed by atoms with Crippen molar-refractivity contribution in [1.82, 2.24) is 9.62 Å². The van der Waals surface area contributed by atoms with Gasteiger partial charge in [0.25, 0.3) is 0 Å². The van der Waals surface area contributed by atoms with E-state index in [2.05, 4.69) is 4.72 Å². The third-order valence-electron chi connectivity index (χ3n) is 4.40. The Kier molecular flexibility index (Phi) is 7.87. The quantitative estimate of drug-likeness (QED) is 0.800. The van der Waals surface area contributed by atoms with Crippen LogP contribution in [0, 0.1) is 20.8 Å². The second-order valence-electron chi connectivity index (χ2n) is 6.59. The number of carbonyl (C=O) groups is 1. The number of piperidine rings is 1. The highest BCUT2D eigenvalue weighted by molar-refractivity contribution is 7.89. The summed E-state index contributed by atoms with van der Waals surface area (Å²) < 4.78 is 27.6. The van der Waals surface area contributed by atoms with E-state index in [-0.39, 0.29) is 37.3 Å². The van der Waals surface area contributed by atoms with Gasteiger partial charge in [0.2, 0.25) is 15.9 Å². The fraction of sp³-hybridized carbons (Fsp3) is 0.588. The standard InChI is InChI=1S/C17H27N3O3S.ClH/c1-12-10-13(2)17(14(3)11-12)24(22,23)19-7-4-16(21)20-8-5-15(18)6-9-20;/h10-11,15,19H,4-9,18H2,1-3H3;1H. The van der Waals surface area contributed by atoms with E-state index in [1.54, 1.807) is 18.7 Å². The first-order chi connectivity index (χ1) is 11.2. The molecule has 0 saturated carbocycles. The van der Waals surface area contributed by atoms with Crippen LogP contribution < -0.4 is 10.5 Å². The van der Waals surface area contributed by atoms with Gasteiger partial charge in [-0.1, -0.05) is 17.7 Å². The first kappa shape index (κ1) is 21.9. The molecule has 0 bridgehead atoms. The topological polar surface area (TPSA) is 92.5 Å². The monoisotopic (exact) mass is 389 g/mol. The summed E-state index contributed by atoms with van der Waals surface area (Å²) in [5.41, 5.74) is 8.30. The summed E-state index contributed by atoms with van der Waals surface area (Å²) in [5, 5.41) is 0. The first-order valence-electron chi connectivity index (χ1n) is 8.31. The van der Waals surface area contributed by atoms with Crippen molar-refractivity contribution < 1.29 is 13.2 Å². The number of hydrogen-bond donors (Lipinski definition) is 2. The van der Waals surface area contributed by atoms with Crippen LogP contribution in [-0.2, 0) is 14.8 Å². The van der Waals surface area contributed by atoms with E-state index in [1.807, 2.05) is 19.1 Å². The lowest BCUT2D eigenvalue weighted by atomic mass is 10.1. The van der Waals surface area contributed by atoms with Crippen molar-refractivity contribution >= 4 is 28.3 Å². The van der Waals surface area contributed by atoms with E-state index >= 15 is 0 Å².